The highest BCUT2D eigenvalue weighted by Gasteiger charge is 2.51. The van der Waals surface area contributed by atoms with E-state index in [1.165, 1.54) is 30.5 Å². The number of terminal acetylenes is 1. The van der Waals surface area contributed by atoms with Crippen molar-refractivity contribution in [2.24, 2.45) is 20.4 Å². The fourth-order valence-electron chi connectivity index (χ4n) is 8.71. The van der Waals surface area contributed by atoms with Gasteiger partial charge < -0.3 is 24.6 Å². The molecule has 3 aliphatic heterocycles. The van der Waals surface area contributed by atoms with Crippen LogP contribution in [-0.4, -0.2) is 109 Å². The number of aliphatic hydroxyl groups excluding tert-OH is 1. The van der Waals surface area contributed by atoms with Crippen LogP contribution in [-0.2, 0) is 9.47 Å². The average Bonchev–Trinajstić information content (AvgIpc) is 3.39. The van der Waals surface area contributed by atoms with Crippen molar-refractivity contribution in [2.75, 3.05) is 46.5 Å². The number of nitrogens with zero attached hydrogens (tertiary/aromatic N) is 5. The molecule has 2 saturated heterocycles. The number of allylic oxidation sites excluding steroid dienone is 2. The van der Waals surface area contributed by atoms with Crippen LogP contribution in [0.5, 0.6) is 5.75 Å². The minimum atomic E-state index is -0.775. The van der Waals surface area contributed by atoms with Gasteiger partial charge in [-0.2, -0.15) is 0 Å². The van der Waals surface area contributed by atoms with E-state index in [2.05, 4.69) is 27.5 Å². The summed E-state index contributed by atoms with van der Waals surface area (Å²) in [4.78, 5) is 18.5. The zero-order valence-electron chi connectivity index (χ0n) is 27.9. The molecule has 3 atom stereocenters. The van der Waals surface area contributed by atoms with Crippen LogP contribution in [0, 0.1) is 23.6 Å². The Labute approximate surface area is 285 Å². The number of aliphatic imine (C=N–C) groups is 3. The van der Waals surface area contributed by atoms with Crippen LogP contribution in [0.3, 0.4) is 0 Å². The molecule has 0 radical (unpaired) electrons. The average molecular weight is 672 g/mol. The minimum absolute atomic E-state index is 0.0449. The minimum Gasteiger partial charge on any atom is -0.508 e. The van der Waals surface area contributed by atoms with Gasteiger partial charge >= 0.3 is 0 Å². The number of fused-ring (bicyclic) bond motifs is 2. The van der Waals surface area contributed by atoms with Crippen molar-refractivity contribution in [3.8, 4) is 18.1 Å². The largest absolute Gasteiger partial charge is 0.508 e. The van der Waals surface area contributed by atoms with E-state index in [0.29, 0.717) is 54.7 Å². The van der Waals surface area contributed by atoms with Gasteiger partial charge in [0.05, 0.1) is 36.6 Å². The number of methoxy groups -OCH3 is 1. The zero-order chi connectivity index (χ0) is 34.3. The lowest BCUT2D eigenvalue weighted by molar-refractivity contribution is -0.0737. The number of aliphatic hydroxyl groups is 1. The zero-order valence-corrected chi connectivity index (χ0v) is 27.9. The van der Waals surface area contributed by atoms with E-state index >= 15 is 4.39 Å². The molecule has 0 amide bonds. The van der Waals surface area contributed by atoms with Gasteiger partial charge in [-0.25, -0.2) is 13.8 Å². The Morgan fingerprint density at radius 3 is 2.82 bits per heavy atom. The van der Waals surface area contributed by atoms with Crippen molar-refractivity contribution < 1.29 is 28.5 Å². The molecule has 2 aliphatic carbocycles. The molecule has 49 heavy (non-hydrogen) atoms. The van der Waals surface area contributed by atoms with Gasteiger partial charge in [-0.3, -0.25) is 14.9 Å². The monoisotopic (exact) mass is 671 g/mol. The Hall–Kier alpha value is -3.95. The summed E-state index contributed by atoms with van der Waals surface area (Å²) in [6.45, 7) is 6.40. The summed E-state index contributed by atoms with van der Waals surface area (Å²) >= 11 is 0. The number of piperidine rings is 1. The van der Waals surface area contributed by atoms with E-state index in [9.17, 15) is 14.6 Å². The lowest BCUT2D eigenvalue weighted by atomic mass is 9.72. The van der Waals surface area contributed by atoms with E-state index in [-0.39, 0.29) is 52.2 Å². The number of aromatic hydroxyl groups is 1. The third-order valence-corrected chi connectivity index (χ3v) is 11.2. The van der Waals surface area contributed by atoms with E-state index < -0.39 is 17.7 Å². The number of ether oxygens (including phenoxy) is 2. The molecule has 3 unspecified atom stereocenters. The number of phenolic OH excluding ortho intramolecular Hbond substituents is 1. The van der Waals surface area contributed by atoms with Gasteiger partial charge in [0, 0.05) is 61.4 Å². The number of β-amino-alcohol motifs (C(OH)–C–C–N with tert-alkyl or cyclic N) is 1. The standard InChI is InChI=1S/C38H43F2N5O4/c1-4-28-31(39)9-8-23-15-25(46)18-29(33(23)28)35-34(40)36(30(19-42-35)37(41-2)44-13-14-49-21-26(47)20-44)43-22-38-10-5-7-32(38)45(12-6-11-38)24-16-27(17-24)48-3/h1,8-9,15,18-19,24,26-27,32,46-47H,2,5-7,10-14,16-17,20-22H2,3H3/b37-30+,43-36?. The first-order chi connectivity index (χ1) is 23.8. The Morgan fingerprint density at radius 1 is 1.22 bits per heavy atom. The second kappa shape index (κ2) is 13.8. The molecule has 2 N–H and O–H groups in total. The first-order valence-corrected chi connectivity index (χ1v) is 17.2. The van der Waals surface area contributed by atoms with Gasteiger partial charge in [0.25, 0.3) is 0 Å². The quantitative estimate of drug-likeness (QED) is 0.308. The van der Waals surface area contributed by atoms with E-state index in [1.54, 1.807) is 7.11 Å². The van der Waals surface area contributed by atoms with Gasteiger partial charge in [-0.15, -0.1) is 6.42 Å². The summed E-state index contributed by atoms with van der Waals surface area (Å²) in [5.74, 6) is 1.24. The molecule has 5 aliphatic rings. The Balaban J connectivity index is 1.35. The first-order valence-electron chi connectivity index (χ1n) is 17.2. The van der Waals surface area contributed by atoms with E-state index in [0.717, 1.165) is 51.5 Å². The molecule has 2 saturated carbocycles. The fourth-order valence-corrected chi connectivity index (χ4v) is 8.71. The molecule has 2 aromatic carbocycles. The number of phenols is 1. The maximum Gasteiger partial charge on any atom is 0.175 e. The van der Waals surface area contributed by atoms with Gasteiger partial charge in [-0.05, 0) is 75.4 Å². The van der Waals surface area contributed by atoms with Crippen LogP contribution in [0.1, 0.15) is 56.1 Å². The van der Waals surface area contributed by atoms with Crippen LogP contribution in [0.2, 0.25) is 0 Å². The lowest BCUT2D eigenvalue weighted by Crippen LogP contribution is -2.59. The number of hydrogen-bond acceptors (Lipinski definition) is 9. The van der Waals surface area contributed by atoms with Crippen LogP contribution in [0.15, 0.2) is 56.5 Å². The SMILES string of the molecule is C#Cc1c(F)ccc2cc(O)cc(C3=C(F)C(=NCC45CCCC4N(C4CC(OC)C4)CCC5)/C(=C(\N=C)N4CCOCC(O)C4)C=N3)c12. The number of hydrogen-bond donors (Lipinski definition) is 2. The summed E-state index contributed by atoms with van der Waals surface area (Å²) in [6, 6.07) is 6.37. The van der Waals surface area contributed by atoms with Crippen LogP contribution in [0.25, 0.3) is 16.5 Å². The molecule has 2 aromatic rings. The normalized spacial score (nSPS) is 31.0. The summed E-state index contributed by atoms with van der Waals surface area (Å²) < 4.78 is 43.4. The second-order valence-corrected chi connectivity index (χ2v) is 13.9. The summed E-state index contributed by atoms with van der Waals surface area (Å²) in [7, 11) is 1.77. The lowest BCUT2D eigenvalue weighted by Gasteiger charge is -2.53. The predicted octanol–water partition coefficient (Wildman–Crippen LogP) is 5.25. The third-order valence-electron chi connectivity index (χ3n) is 11.2. The van der Waals surface area contributed by atoms with Gasteiger partial charge in [0.2, 0.25) is 0 Å². The molecule has 0 bridgehead atoms. The van der Waals surface area contributed by atoms with Crippen LogP contribution < -0.4 is 0 Å². The second-order valence-electron chi connectivity index (χ2n) is 13.9. The number of benzene rings is 2. The van der Waals surface area contributed by atoms with Crippen molar-refractivity contribution in [2.45, 2.75) is 69.2 Å². The summed E-state index contributed by atoms with van der Waals surface area (Å²) in [6.07, 6.45) is 14.0. The van der Waals surface area contributed by atoms with Crippen molar-refractivity contribution in [1.82, 2.24) is 9.80 Å². The van der Waals surface area contributed by atoms with Crippen LogP contribution in [0.4, 0.5) is 8.78 Å². The van der Waals surface area contributed by atoms with Gasteiger partial charge in [0.1, 0.15) is 28.8 Å². The maximum atomic E-state index is 17.3. The maximum absolute atomic E-state index is 17.3. The number of rotatable bonds is 7. The predicted molar refractivity (Wildman–Crippen MR) is 187 cm³/mol. The van der Waals surface area contributed by atoms with E-state index in [4.69, 9.17) is 20.9 Å². The van der Waals surface area contributed by atoms with Crippen molar-refractivity contribution in [3.05, 3.63) is 58.4 Å². The third kappa shape index (κ3) is 6.09. The van der Waals surface area contributed by atoms with Gasteiger partial charge in [0.15, 0.2) is 5.83 Å². The molecule has 11 heteroatoms. The summed E-state index contributed by atoms with van der Waals surface area (Å²) in [5.41, 5.74) is 0.278. The molecule has 7 rings (SSSR count). The topological polar surface area (TPSA) is 102 Å². The highest BCUT2D eigenvalue weighted by molar-refractivity contribution is 6.29. The molecular formula is C38H43F2N5O4. The molecule has 9 nitrogen and oxygen atoms in total. The Morgan fingerprint density at radius 2 is 2.04 bits per heavy atom. The van der Waals surface area contributed by atoms with Gasteiger partial charge in [-0.1, -0.05) is 18.4 Å². The van der Waals surface area contributed by atoms with Crippen LogP contribution >= 0.6 is 0 Å². The van der Waals surface area contributed by atoms with E-state index in [1.807, 2.05) is 4.90 Å². The smallest absolute Gasteiger partial charge is 0.175 e. The van der Waals surface area contributed by atoms with Crippen molar-refractivity contribution >= 4 is 35.1 Å². The Bertz CT molecular complexity index is 1810. The first kappa shape index (κ1) is 33.5. The van der Waals surface area contributed by atoms with Crippen molar-refractivity contribution in [3.63, 3.8) is 0 Å². The number of likely N-dealkylation sites (tertiary alicyclic amines) is 1. The molecule has 258 valence electrons. The van der Waals surface area contributed by atoms with Crippen molar-refractivity contribution in [1.29, 1.82) is 0 Å². The number of halogens is 2. The highest BCUT2D eigenvalue weighted by atomic mass is 19.1. The molecule has 0 aromatic heterocycles. The fraction of sp³-hybridized carbons (Fsp3) is 0.500. The molecule has 4 fully saturated rings. The molecule has 3 heterocycles. The molecule has 0 spiro atoms. The molecular weight excluding hydrogens is 628 g/mol. The summed E-state index contributed by atoms with van der Waals surface area (Å²) in [5, 5.41) is 21.9. The Kier molecular flexibility index (Phi) is 9.41. The highest BCUT2D eigenvalue weighted by Crippen LogP contribution is 2.50.